The average Bonchev–Trinajstić information content (AvgIpc) is 3.27. The van der Waals surface area contributed by atoms with Crippen molar-refractivity contribution in [3.63, 3.8) is 0 Å². The molecule has 0 unspecified atom stereocenters. The highest BCUT2D eigenvalue weighted by molar-refractivity contribution is 7.15. The first-order valence-electron chi connectivity index (χ1n) is 7.80. The van der Waals surface area contributed by atoms with Crippen LogP contribution in [0.5, 0.6) is 0 Å². The van der Waals surface area contributed by atoms with Gasteiger partial charge in [0, 0.05) is 9.75 Å². The van der Waals surface area contributed by atoms with Crippen molar-refractivity contribution in [3.05, 3.63) is 71.6 Å². The quantitative estimate of drug-likeness (QED) is 0.519. The Labute approximate surface area is 134 Å². The first-order chi connectivity index (χ1) is 10.4. The Balaban J connectivity index is 0.000000372. The standard InChI is InChI=1S/C11H10S.C5H6.2C2H6/c1-9-7-8-11(12-9)10-5-3-2-4-6-10;1-2-4-5-3-1;2*1-2/h2-8H,1H3;1-4H,5H2;2*1-2H3. The summed E-state index contributed by atoms with van der Waals surface area (Å²) in [6, 6.07) is 14.8. The highest BCUT2D eigenvalue weighted by Crippen LogP contribution is 2.26. The van der Waals surface area contributed by atoms with Gasteiger partial charge in [0.25, 0.3) is 0 Å². The number of benzene rings is 1. The first kappa shape index (κ1) is 19.4. The monoisotopic (exact) mass is 300 g/mol. The molecule has 0 amide bonds. The first-order valence-corrected chi connectivity index (χ1v) is 8.61. The number of thiophene rings is 1. The van der Waals surface area contributed by atoms with Crippen molar-refractivity contribution >= 4 is 11.3 Å². The van der Waals surface area contributed by atoms with E-state index in [-0.39, 0.29) is 0 Å². The Bertz CT molecular complexity index is 494. The molecule has 1 heteroatoms. The minimum atomic E-state index is 1.14. The van der Waals surface area contributed by atoms with E-state index in [0.717, 1.165) is 6.42 Å². The topological polar surface area (TPSA) is 0 Å². The third-order valence-electron chi connectivity index (χ3n) is 2.45. The second-order valence-electron chi connectivity index (χ2n) is 3.87. The highest BCUT2D eigenvalue weighted by Gasteiger charge is 1.97. The lowest BCUT2D eigenvalue weighted by Gasteiger charge is -1.93. The third-order valence-corrected chi connectivity index (χ3v) is 3.50. The van der Waals surface area contributed by atoms with Gasteiger partial charge in [-0.2, -0.15) is 0 Å². The number of rotatable bonds is 1. The Morgan fingerprint density at radius 1 is 0.762 bits per heavy atom. The van der Waals surface area contributed by atoms with E-state index in [9.17, 15) is 0 Å². The number of allylic oxidation sites excluding steroid dienone is 4. The molecule has 0 saturated heterocycles. The van der Waals surface area contributed by atoms with Crippen molar-refractivity contribution < 1.29 is 0 Å². The van der Waals surface area contributed by atoms with E-state index in [1.165, 1.54) is 15.3 Å². The van der Waals surface area contributed by atoms with Gasteiger partial charge in [0.2, 0.25) is 0 Å². The summed E-state index contributed by atoms with van der Waals surface area (Å²) in [5.41, 5.74) is 1.32. The van der Waals surface area contributed by atoms with Crippen LogP contribution < -0.4 is 0 Å². The second kappa shape index (κ2) is 13.4. The summed E-state index contributed by atoms with van der Waals surface area (Å²) in [5, 5.41) is 0. The maximum atomic E-state index is 2.18. The summed E-state index contributed by atoms with van der Waals surface area (Å²) in [6.07, 6.45) is 9.50. The fraction of sp³-hybridized carbons (Fsp3) is 0.300. The molecular weight excluding hydrogens is 272 g/mol. The molecule has 0 fully saturated rings. The van der Waals surface area contributed by atoms with Gasteiger partial charge < -0.3 is 0 Å². The van der Waals surface area contributed by atoms with E-state index in [0.29, 0.717) is 0 Å². The van der Waals surface area contributed by atoms with Gasteiger partial charge in [-0.1, -0.05) is 82.3 Å². The van der Waals surface area contributed by atoms with E-state index >= 15 is 0 Å². The lowest BCUT2D eigenvalue weighted by atomic mass is 10.2. The van der Waals surface area contributed by atoms with E-state index in [2.05, 4.69) is 67.6 Å². The molecule has 0 radical (unpaired) electrons. The number of hydrogen-bond acceptors (Lipinski definition) is 1. The largest absolute Gasteiger partial charge is 0.141 e. The van der Waals surface area contributed by atoms with Gasteiger partial charge in [0.05, 0.1) is 0 Å². The molecule has 0 bridgehead atoms. The third kappa shape index (κ3) is 8.31. The van der Waals surface area contributed by atoms with Gasteiger partial charge in [-0.15, -0.1) is 11.3 Å². The van der Waals surface area contributed by atoms with Crippen molar-refractivity contribution in [2.45, 2.75) is 41.0 Å². The van der Waals surface area contributed by atoms with Crippen LogP contribution >= 0.6 is 11.3 Å². The lowest BCUT2D eigenvalue weighted by Crippen LogP contribution is -1.67. The molecule has 0 spiro atoms. The molecule has 0 saturated carbocycles. The van der Waals surface area contributed by atoms with Crippen molar-refractivity contribution in [2.75, 3.05) is 0 Å². The molecule has 3 rings (SSSR count). The van der Waals surface area contributed by atoms with Crippen LogP contribution in [0.25, 0.3) is 10.4 Å². The SMILES string of the molecule is C1=CCC=C1.CC.CC.Cc1ccc(-c2ccccc2)s1. The maximum Gasteiger partial charge on any atom is 0.0345 e. The number of hydrogen-bond donors (Lipinski definition) is 0. The van der Waals surface area contributed by atoms with Crippen LogP contribution in [0.3, 0.4) is 0 Å². The highest BCUT2D eigenvalue weighted by atomic mass is 32.1. The predicted octanol–water partition coefficient (Wildman–Crippen LogP) is 7.28. The Morgan fingerprint density at radius 3 is 1.71 bits per heavy atom. The van der Waals surface area contributed by atoms with Crippen molar-refractivity contribution in [1.29, 1.82) is 0 Å². The van der Waals surface area contributed by atoms with Crippen LogP contribution in [-0.2, 0) is 0 Å². The van der Waals surface area contributed by atoms with Crippen molar-refractivity contribution in [1.82, 2.24) is 0 Å². The van der Waals surface area contributed by atoms with Crippen molar-refractivity contribution in [3.8, 4) is 10.4 Å². The summed E-state index contributed by atoms with van der Waals surface area (Å²) < 4.78 is 0. The second-order valence-corrected chi connectivity index (χ2v) is 5.16. The van der Waals surface area contributed by atoms with Gasteiger partial charge in [-0.05, 0) is 31.0 Å². The van der Waals surface area contributed by atoms with Crippen molar-refractivity contribution in [2.24, 2.45) is 0 Å². The molecule has 0 nitrogen and oxygen atoms in total. The lowest BCUT2D eigenvalue weighted by molar-refractivity contribution is 1.45. The molecule has 21 heavy (non-hydrogen) atoms. The minimum Gasteiger partial charge on any atom is -0.141 e. The molecule has 2 aromatic rings. The molecule has 0 aliphatic heterocycles. The average molecular weight is 301 g/mol. The summed E-state index contributed by atoms with van der Waals surface area (Å²) in [7, 11) is 0. The summed E-state index contributed by atoms with van der Waals surface area (Å²) in [4.78, 5) is 2.72. The smallest absolute Gasteiger partial charge is 0.0345 e. The van der Waals surface area contributed by atoms with Crippen LogP contribution in [-0.4, -0.2) is 0 Å². The normalized spacial score (nSPS) is 10.5. The zero-order valence-corrected chi connectivity index (χ0v) is 14.8. The molecule has 0 N–H and O–H groups in total. The van der Waals surface area contributed by atoms with E-state index in [1.54, 1.807) is 0 Å². The Hall–Kier alpha value is -1.60. The summed E-state index contributed by atoms with van der Waals surface area (Å²) in [5.74, 6) is 0. The van der Waals surface area contributed by atoms with Gasteiger partial charge >= 0.3 is 0 Å². The molecular formula is C20H28S. The Kier molecular flexibility index (Phi) is 12.4. The van der Waals surface area contributed by atoms with E-state index < -0.39 is 0 Å². The van der Waals surface area contributed by atoms with E-state index in [4.69, 9.17) is 0 Å². The van der Waals surface area contributed by atoms with Crippen LogP contribution in [0.4, 0.5) is 0 Å². The van der Waals surface area contributed by atoms with Crippen LogP contribution in [0.1, 0.15) is 39.0 Å². The van der Waals surface area contributed by atoms with Gasteiger partial charge in [0.15, 0.2) is 0 Å². The minimum absolute atomic E-state index is 1.14. The fourth-order valence-corrected chi connectivity index (χ4v) is 2.46. The Morgan fingerprint density at radius 2 is 1.33 bits per heavy atom. The molecule has 114 valence electrons. The van der Waals surface area contributed by atoms with Crippen LogP contribution in [0, 0.1) is 6.92 Å². The summed E-state index contributed by atoms with van der Waals surface area (Å²) in [6.45, 7) is 10.1. The number of aryl methyl sites for hydroxylation is 1. The maximum absolute atomic E-state index is 2.18. The molecule has 1 aromatic heterocycles. The zero-order valence-electron chi connectivity index (χ0n) is 14.0. The van der Waals surface area contributed by atoms with Gasteiger partial charge in [-0.3, -0.25) is 0 Å². The van der Waals surface area contributed by atoms with E-state index in [1.807, 2.05) is 45.1 Å². The molecule has 0 atom stereocenters. The van der Waals surface area contributed by atoms with Crippen LogP contribution in [0.15, 0.2) is 66.8 Å². The van der Waals surface area contributed by atoms with Gasteiger partial charge in [-0.25, -0.2) is 0 Å². The predicted molar refractivity (Wildman–Crippen MR) is 100 cm³/mol. The molecule has 1 aliphatic rings. The van der Waals surface area contributed by atoms with Crippen LogP contribution in [0.2, 0.25) is 0 Å². The molecule has 1 heterocycles. The fourth-order valence-electron chi connectivity index (χ4n) is 1.58. The molecule has 1 aliphatic carbocycles. The van der Waals surface area contributed by atoms with Gasteiger partial charge in [0.1, 0.15) is 0 Å². The summed E-state index contributed by atoms with van der Waals surface area (Å²) >= 11 is 1.84. The zero-order chi connectivity index (χ0) is 15.9. The molecule has 1 aromatic carbocycles.